The molecule has 0 aliphatic carbocycles. The van der Waals surface area contributed by atoms with E-state index < -0.39 is 10.8 Å². The molecule has 0 spiro atoms. The Bertz CT molecular complexity index is 848. The van der Waals surface area contributed by atoms with Crippen molar-refractivity contribution in [1.29, 1.82) is 0 Å². The molecule has 124 valence electrons. The molecule has 6 heteroatoms. The van der Waals surface area contributed by atoms with Gasteiger partial charge in [-0.1, -0.05) is 30.3 Å². The van der Waals surface area contributed by atoms with Crippen LogP contribution in [0.1, 0.15) is 11.5 Å². The standard InChI is InChI=1S/C18H16FNO3S/c1-22-16-8-7-15(19)9-14(16)11-24(21)12-18-20-10-17(23-18)13-5-3-2-4-6-13/h2-10H,11-12H2,1H3/t24-/m0/s1. The van der Waals surface area contributed by atoms with Crippen LogP contribution < -0.4 is 4.74 Å². The first-order valence-corrected chi connectivity index (χ1v) is 8.82. The van der Waals surface area contributed by atoms with Gasteiger partial charge >= 0.3 is 0 Å². The Kier molecular flexibility index (Phi) is 5.05. The van der Waals surface area contributed by atoms with Crippen LogP contribution in [0.25, 0.3) is 11.3 Å². The number of rotatable bonds is 6. The molecular formula is C18H16FNO3S. The van der Waals surface area contributed by atoms with E-state index in [4.69, 9.17) is 9.15 Å². The number of methoxy groups -OCH3 is 1. The second kappa shape index (κ2) is 7.40. The second-order valence-electron chi connectivity index (χ2n) is 5.17. The first kappa shape index (κ1) is 16.4. The average molecular weight is 345 g/mol. The molecule has 0 bridgehead atoms. The smallest absolute Gasteiger partial charge is 0.207 e. The van der Waals surface area contributed by atoms with E-state index in [1.807, 2.05) is 30.3 Å². The summed E-state index contributed by atoms with van der Waals surface area (Å²) in [5.41, 5.74) is 1.47. The van der Waals surface area contributed by atoms with Gasteiger partial charge in [-0.3, -0.25) is 4.21 Å². The molecular weight excluding hydrogens is 329 g/mol. The summed E-state index contributed by atoms with van der Waals surface area (Å²) in [7, 11) is 0.212. The normalized spacial score (nSPS) is 12.1. The molecule has 0 fully saturated rings. The molecule has 0 amide bonds. The second-order valence-corrected chi connectivity index (χ2v) is 6.63. The SMILES string of the molecule is COc1ccc(F)cc1C[S@](=O)Cc1ncc(-c2ccccc2)o1. The van der Waals surface area contributed by atoms with E-state index in [0.29, 0.717) is 23.0 Å². The molecule has 1 atom stereocenters. The van der Waals surface area contributed by atoms with Gasteiger partial charge < -0.3 is 9.15 Å². The van der Waals surface area contributed by atoms with E-state index >= 15 is 0 Å². The van der Waals surface area contributed by atoms with Gasteiger partial charge in [0.1, 0.15) is 17.3 Å². The molecule has 0 unspecified atom stereocenters. The zero-order chi connectivity index (χ0) is 16.9. The number of hydrogen-bond acceptors (Lipinski definition) is 4. The van der Waals surface area contributed by atoms with Crippen molar-refractivity contribution < 1.29 is 17.8 Å². The molecule has 24 heavy (non-hydrogen) atoms. The van der Waals surface area contributed by atoms with E-state index in [9.17, 15) is 8.60 Å². The van der Waals surface area contributed by atoms with Gasteiger partial charge in [0, 0.05) is 21.9 Å². The van der Waals surface area contributed by atoms with Crippen molar-refractivity contribution in [2.45, 2.75) is 11.5 Å². The van der Waals surface area contributed by atoms with Gasteiger partial charge in [0.05, 0.1) is 19.1 Å². The predicted molar refractivity (Wildman–Crippen MR) is 90.4 cm³/mol. The van der Waals surface area contributed by atoms with Crippen LogP contribution in [0.15, 0.2) is 59.1 Å². The van der Waals surface area contributed by atoms with Gasteiger partial charge in [0.25, 0.3) is 0 Å². The summed E-state index contributed by atoms with van der Waals surface area (Å²) >= 11 is 0. The zero-order valence-corrected chi connectivity index (χ0v) is 13.9. The lowest BCUT2D eigenvalue weighted by molar-refractivity contribution is 0.410. The fourth-order valence-corrected chi connectivity index (χ4v) is 3.42. The van der Waals surface area contributed by atoms with Crippen molar-refractivity contribution in [3.05, 3.63) is 72.0 Å². The molecule has 4 nitrogen and oxygen atoms in total. The highest BCUT2D eigenvalue weighted by atomic mass is 32.2. The molecule has 0 radical (unpaired) electrons. The topological polar surface area (TPSA) is 52.3 Å². The van der Waals surface area contributed by atoms with Crippen molar-refractivity contribution in [1.82, 2.24) is 4.98 Å². The summed E-state index contributed by atoms with van der Waals surface area (Å²) < 4.78 is 36.5. The lowest BCUT2D eigenvalue weighted by atomic mass is 10.2. The van der Waals surface area contributed by atoms with E-state index in [1.165, 1.54) is 25.3 Å². The van der Waals surface area contributed by atoms with Crippen molar-refractivity contribution in [2.24, 2.45) is 0 Å². The van der Waals surface area contributed by atoms with Gasteiger partial charge in [0.15, 0.2) is 5.76 Å². The number of oxazole rings is 1. The van der Waals surface area contributed by atoms with E-state index in [-0.39, 0.29) is 17.3 Å². The zero-order valence-electron chi connectivity index (χ0n) is 13.1. The summed E-state index contributed by atoms with van der Waals surface area (Å²) in [4.78, 5) is 4.17. The number of ether oxygens (including phenoxy) is 1. The van der Waals surface area contributed by atoms with E-state index in [1.54, 1.807) is 6.20 Å². The molecule has 3 rings (SSSR count). The maximum atomic E-state index is 13.4. The molecule has 0 aliphatic heterocycles. The van der Waals surface area contributed by atoms with Gasteiger partial charge in [-0.2, -0.15) is 0 Å². The van der Waals surface area contributed by atoms with Crippen molar-refractivity contribution >= 4 is 10.8 Å². The minimum absolute atomic E-state index is 0.159. The highest BCUT2D eigenvalue weighted by molar-refractivity contribution is 7.83. The predicted octanol–water partition coefficient (Wildman–Crippen LogP) is 3.94. The van der Waals surface area contributed by atoms with E-state index in [0.717, 1.165) is 5.56 Å². The monoisotopic (exact) mass is 345 g/mol. The summed E-state index contributed by atoms with van der Waals surface area (Å²) in [5.74, 6) is 1.48. The van der Waals surface area contributed by atoms with Crippen LogP contribution in [0.4, 0.5) is 4.39 Å². The Morgan fingerprint density at radius 3 is 2.71 bits per heavy atom. The fraction of sp³-hybridized carbons (Fsp3) is 0.167. The van der Waals surface area contributed by atoms with Gasteiger partial charge in [-0.05, 0) is 18.2 Å². The third-order valence-electron chi connectivity index (χ3n) is 3.46. The Balaban J connectivity index is 1.70. The van der Waals surface area contributed by atoms with Gasteiger partial charge in [-0.15, -0.1) is 0 Å². The molecule has 2 aromatic carbocycles. The van der Waals surface area contributed by atoms with Gasteiger partial charge in [-0.25, -0.2) is 9.37 Å². The quantitative estimate of drug-likeness (QED) is 0.679. The average Bonchev–Trinajstić information content (AvgIpc) is 3.04. The fourth-order valence-electron chi connectivity index (χ4n) is 2.34. The molecule has 0 saturated carbocycles. The summed E-state index contributed by atoms with van der Waals surface area (Å²) in [6, 6.07) is 13.7. The molecule has 0 N–H and O–H groups in total. The number of benzene rings is 2. The Morgan fingerprint density at radius 1 is 1.17 bits per heavy atom. The highest BCUT2D eigenvalue weighted by Gasteiger charge is 2.13. The van der Waals surface area contributed by atoms with Crippen LogP contribution in [-0.2, 0) is 22.3 Å². The maximum absolute atomic E-state index is 13.4. The first-order chi connectivity index (χ1) is 11.7. The third kappa shape index (κ3) is 3.89. The Labute approximate surface area is 141 Å². The Hall–Kier alpha value is -2.47. The molecule has 1 aromatic heterocycles. The summed E-state index contributed by atoms with van der Waals surface area (Å²) in [5, 5.41) is 0. The van der Waals surface area contributed by atoms with E-state index in [2.05, 4.69) is 4.98 Å². The number of aromatic nitrogens is 1. The molecule has 3 aromatic rings. The van der Waals surface area contributed by atoms with Crippen LogP contribution in [0.2, 0.25) is 0 Å². The van der Waals surface area contributed by atoms with Crippen molar-refractivity contribution in [3.8, 4) is 17.1 Å². The summed E-state index contributed by atoms with van der Waals surface area (Å²) in [6.45, 7) is 0. The van der Waals surface area contributed by atoms with Gasteiger partial charge in [0.2, 0.25) is 5.89 Å². The largest absolute Gasteiger partial charge is 0.496 e. The van der Waals surface area contributed by atoms with Crippen LogP contribution in [0.3, 0.4) is 0 Å². The number of hydrogen-bond donors (Lipinski definition) is 0. The summed E-state index contributed by atoms with van der Waals surface area (Å²) in [6.07, 6.45) is 1.62. The van der Waals surface area contributed by atoms with Crippen LogP contribution >= 0.6 is 0 Å². The minimum Gasteiger partial charge on any atom is -0.496 e. The molecule has 1 heterocycles. The molecule has 0 saturated heterocycles. The Morgan fingerprint density at radius 2 is 1.96 bits per heavy atom. The third-order valence-corrected chi connectivity index (χ3v) is 4.66. The minimum atomic E-state index is -1.29. The highest BCUT2D eigenvalue weighted by Crippen LogP contribution is 2.23. The van der Waals surface area contributed by atoms with Crippen molar-refractivity contribution in [3.63, 3.8) is 0 Å². The number of halogens is 1. The van der Waals surface area contributed by atoms with Crippen molar-refractivity contribution in [2.75, 3.05) is 7.11 Å². The molecule has 0 aliphatic rings. The lowest BCUT2D eigenvalue weighted by Gasteiger charge is -2.07. The van der Waals surface area contributed by atoms with Crippen LogP contribution in [0, 0.1) is 5.82 Å². The van der Waals surface area contributed by atoms with Crippen LogP contribution in [-0.4, -0.2) is 16.3 Å². The lowest BCUT2D eigenvalue weighted by Crippen LogP contribution is -2.02. The number of nitrogens with zero attached hydrogens (tertiary/aromatic N) is 1. The van der Waals surface area contributed by atoms with Crippen LogP contribution in [0.5, 0.6) is 5.75 Å². The maximum Gasteiger partial charge on any atom is 0.207 e. The first-order valence-electron chi connectivity index (χ1n) is 7.33.